The largest absolute Gasteiger partial charge is 0.480 e. The number of alkyl halides is 6. The highest BCUT2D eigenvalue weighted by Gasteiger charge is 2.47. The van der Waals surface area contributed by atoms with E-state index in [-0.39, 0.29) is 0 Å². The number of hydrogen-bond acceptors (Lipinski definition) is 4. The van der Waals surface area contributed by atoms with Gasteiger partial charge >= 0.3 is 11.0 Å². The normalized spacial score (nSPS) is 13.7. The molecule has 49 heavy (non-hydrogen) atoms. The molecule has 298 valence electrons. The van der Waals surface area contributed by atoms with E-state index < -0.39 is 38.3 Å². The zero-order valence-electron chi connectivity index (χ0n) is 31.3. The second-order valence-electron chi connectivity index (χ2n) is 13.7. The molecule has 0 aliphatic heterocycles. The van der Waals surface area contributed by atoms with Crippen LogP contribution in [0, 0.1) is 0 Å². The fourth-order valence-corrected chi connectivity index (χ4v) is 13.1. The quantitative estimate of drug-likeness (QED) is 0.0413. The Labute approximate surface area is 297 Å². The standard InChI is InChI=1S/C33H70P.C2F6NO4S2/c1-6-10-14-17-18-19-20-21-22-23-24-28-32-34(30-26-15-11-7-2,31-27-16-12-8-3)33(5)29-25-13-9-4;3-1(4,5)14(10,11)9-15(12,13)2(6,7)8/h33H,6-32H2,1-5H3;/q+1;-1. The zero-order valence-corrected chi connectivity index (χ0v) is 33.8. The molecule has 0 aromatic rings. The van der Waals surface area contributed by atoms with Gasteiger partial charge in [0.1, 0.15) is 0 Å². The van der Waals surface area contributed by atoms with Gasteiger partial charge in [-0.05, 0) is 58.3 Å². The van der Waals surface area contributed by atoms with Crippen LogP contribution in [0.5, 0.6) is 0 Å². The SMILES string of the molecule is CCCCCCCCCCCCCC[P+](CCCCCC)(CCCCCC)C(C)CCCCC.O=S(=O)([N-]S(=O)(=O)C(F)(F)F)C(F)(F)F. The van der Waals surface area contributed by atoms with Crippen molar-refractivity contribution < 1.29 is 43.2 Å². The van der Waals surface area contributed by atoms with Gasteiger partial charge in [0.25, 0.3) is 0 Å². The molecule has 1 atom stereocenters. The predicted molar refractivity (Wildman–Crippen MR) is 198 cm³/mol. The monoisotopic (exact) mass is 777 g/mol. The maximum Gasteiger partial charge on any atom is 0.480 e. The van der Waals surface area contributed by atoms with Crippen molar-refractivity contribution in [3.8, 4) is 0 Å². The summed E-state index contributed by atoms with van der Waals surface area (Å²) in [5, 5.41) is 0. The molecular weight excluding hydrogens is 707 g/mol. The molecule has 0 spiro atoms. The van der Waals surface area contributed by atoms with E-state index in [2.05, 4.69) is 34.6 Å². The highest BCUT2D eigenvalue weighted by atomic mass is 32.3. The third-order valence-corrected chi connectivity index (χ3v) is 17.8. The third-order valence-electron chi connectivity index (χ3n) is 9.31. The molecule has 0 N–H and O–H groups in total. The first-order valence-electron chi connectivity index (χ1n) is 19.1. The number of nitrogens with zero attached hydrogens (tertiary/aromatic N) is 1. The first-order chi connectivity index (χ1) is 22.9. The highest BCUT2D eigenvalue weighted by molar-refractivity contribution is 8.13. The lowest BCUT2D eigenvalue weighted by atomic mass is 10.1. The van der Waals surface area contributed by atoms with Gasteiger partial charge in [-0.2, -0.15) is 26.3 Å². The molecule has 0 amide bonds. The Bertz CT molecular complexity index is 939. The van der Waals surface area contributed by atoms with Crippen LogP contribution in [0.1, 0.15) is 189 Å². The van der Waals surface area contributed by atoms with Crippen LogP contribution in [0.2, 0.25) is 0 Å². The van der Waals surface area contributed by atoms with E-state index in [1.54, 1.807) is 24.9 Å². The maximum absolute atomic E-state index is 11.4. The van der Waals surface area contributed by atoms with Crippen LogP contribution in [0.15, 0.2) is 0 Å². The van der Waals surface area contributed by atoms with Gasteiger partial charge in [0, 0.05) is 7.26 Å². The summed E-state index contributed by atoms with van der Waals surface area (Å²) in [5.41, 5.74) is -11.4. The Morgan fingerprint density at radius 2 is 0.694 bits per heavy atom. The molecule has 0 bridgehead atoms. The maximum atomic E-state index is 11.4. The lowest BCUT2D eigenvalue weighted by Crippen LogP contribution is -2.30. The summed E-state index contributed by atoms with van der Waals surface area (Å²) in [6, 6.07) is 0. The molecule has 0 saturated carbocycles. The van der Waals surface area contributed by atoms with Crippen LogP contribution in [-0.2, 0) is 20.0 Å². The molecule has 0 aliphatic rings. The van der Waals surface area contributed by atoms with E-state index in [1.807, 2.05) is 0 Å². The van der Waals surface area contributed by atoms with Gasteiger partial charge in [-0.15, -0.1) is 0 Å². The number of unbranched alkanes of at least 4 members (excludes halogenated alkanes) is 19. The molecule has 0 aliphatic carbocycles. The molecule has 5 nitrogen and oxygen atoms in total. The van der Waals surface area contributed by atoms with E-state index >= 15 is 0 Å². The number of hydrogen-bond donors (Lipinski definition) is 0. The number of sulfonamides is 2. The highest BCUT2D eigenvalue weighted by Crippen LogP contribution is 2.66. The molecule has 0 rings (SSSR count). The van der Waals surface area contributed by atoms with Gasteiger partial charge in [-0.1, -0.05) is 130 Å². The van der Waals surface area contributed by atoms with E-state index in [1.165, 1.54) is 148 Å². The van der Waals surface area contributed by atoms with Gasteiger partial charge in [0.15, 0.2) is 20.0 Å². The van der Waals surface area contributed by atoms with Gasteiger partial charge in [0.2, 0.25) is 0 Å². The third kappa shape index (κ3) is 24.7. The van der Waals surface area contributed by atoms with Gasteiger partial charge in [-0.3, -0.25) is 0 Å². The van der Waals surface area contributed by atoms with E-state index in [0.29, 0.717) is 0 Å². The summed E-state index contributed by atoms with van der Waals surface area (Å²) in [6.07, 6.45) is 40.3. The summed E-state index contributed by atoms with van der Waals surface area (Å²) in [4.78, 5) is 0. The fourth-order valence-electron chi connectivity index (χ4n) is 6.15. The van der Waals surface area contributed by atoms with Crippen molar-refractivity contribution in [2.45, 2.75) is 205 Å². The smallest absolute Gasteiger partial charge is 0.421 e. The molecule has 0 fully saturated rings. The summed E-state index contributed by atoms with van der Waals surface area (Å²) in [6.45, 7) is 12.1. The Hall–Kier alpha value is -0.130. The minimum Gasteiger partial charge on any atom is -0.421 e. The Morgan fingerprint density at radius 1 is 0.449 bits per heavy atom. The lowest BCUT2D eigenvalue weighted by molar-refractivity contribution is -0.0444. The van der Waals surface area contributed by atoms with Crippen molar-refractivity contribution in [3.63, 3.8) is 0 Å². The number of rotatable bonds is 30. The topological polar surface area (TPSA) is 82.4 Å². The van der Waals surface area contributed by atoms with Gasteiger partial charge < -0.3 is 4.13 Å². The molecule has 14 heteroatoms. The van der Waals surface area contributed by atoms with Gasteiger partial charge in [0.05, 0.1) is 24.1 Å². The fraction of sp³-hybridized carbons (Fsp3) is 1.00. The van der Waals surface area contributed by atoms with E-state index in [0.717, 1.165) is 9.79 Å². The molecular formula is C35H70F6NO4PS2. The summed E-state index contributed by atoms with van der Waals surface area (Å²) >= 11 is 0. The minimum atomic E-state index is -6.72. The second kappa shape index (κ2) is 28.4. The summed E-state index contributed by atoms with van der Waals surface area (Å²) in [7, 11) is -14.2. The Morgan fingerprint density at radius 3 is 0.980 bits per heavy atom. The van der Waals surface area contributed by atoms with Crippen LogP contribution in [0.25, 0.3) is 4.13 Å². The average Bonchev–Trinajstić information content (AvgIpc) is 3.00. The molecule has 0 radical (unpaired) electrons. The molecule has 1 unspecified atom stereocenters. The van der Waals surface area contributed by atoms with Gasteiger partial charge in [-0.25, -0.2) is 16.8 Å². The van der Waals surface area contributed by atoms with Crippen LogP contribution >= 0.6 is 7.26 Å². The van der Waals surface area contributed by atoms with Crippen LogP contribution in [0.4, 0.5) is 26.3 Å². The summed E-state index contributed by atoms with van der Waals surface area (Å²) in [5.74, 6) is 0. The molecule has 0 aromatic carbocycles. The molecule has 0 saturated heterocycles. The summed E-state index contributed by atoms with van der Waals surface area (Å²) < 4.78 is 109. The van der Waals surface area contributed by atoms with Crippen molar-refractivity contribution in [2.24, 2.45) is 0 Å². The van der Waals surface area contributed by atoms with Crippen molar-refractivity contribution in [3.05, 3.63) is 4.13 Å². The molecule has 0 aromatic heterocycles. The first-order valence-corrected chi connectivity index (χ1v) is 24.4. The van der Waals surface area contributed by atoms with Crippen molar-refractivity contribution in [1.82, 2.24) is 0 Å². The predicted octanol–water partition coefficient (Wildman–Crippen LogP) is 13.9. The lowest BCUT2D eigenvalue weighted by Gasteiger charge is -2.34. The van der Waals surface area contributed by atoms with Crippen molar-refractivity contribution in [1.29, 1.82) is 0 Å². The second-order valence-corrected chi connectivity index (χ2v) is 21.7. The first kappa shape index (κ1) is 51.0. The Balaban J connectivity index is 0. The van der Waals surface area contributed by atoms with E-state index in [9.17, 15) is 43.2 Å². The average molecular weight is 778 g/mol. The zero-order chi connectivity index (χ0) is 37.9. The van der Waals surface area contributed by atoms with Crippen molar-refractivity contribution in [2.75, 3.05) is 18.5 Å². The number of halogens is 6. The van der Waals surface area contributed by atoms with Crippen LogP contribution in [0.3, 0.4) is 0 Å². The minimum absolute atomic E-state index is 0.778. The van der Waals surface area contributed by atoms with Crippen LogP contribution in [-0.4, -0.2) is 52.0 Å². The molecule has 0 heterocycles. The van der Waals surface area contributed by atoms with E-state index in [4.69, 9.17) is 0 Å². The van der Waals surface area contributed by atoms with Crippen molar-refractivity contribution >= 4 is 27.3 Å². The van der Waals surface area contributed by atoms with Crippen LogP contribution < -0.4 is 0 Å². The Kier molecular flexibility index (Phi) is 29.5.